The van der Waals surface area contributed by atoms with Gasteiger partial charge in [0.1, 0.15) is 0 Å². The number of carbonyl (C=O) groups is 2. The first-order chi connectivity index (χ1) is 8.60. The van der Waals surface area contributed by atoms with Crippen LogP contribution in [0.15, 0.2) is 0 Å². The van der Waals surface area contributed by atoms with Crippen LogP contribution in [0.4, 0.5) is 0 Å². The summed E-state index contributed by atoms with van der Waals surface area (Å²) in [6.07, 6.45) is 3.00. The molecule has 1 aliphatic heterocycles. The number of hydrogen-bond donors (Lipinski definition) is 1. The van der Waals surface area contributed by atoms with Gasteiger partial charge in [0.05, 0.1) is 18.6 Å². The van der Waals surface area contributed by atoms with Gasteiger partial charge >= 0.3 is 5.97 Å². The van der Waals surface area contributed by atoms with Crippen molar-refractivity contribution in [2.45, 2.75) is 45.6 Å². The molecule has 104 valence electrons. The van der Waals surface area contributed by atoms with Crippen LogP contribution in [-0.2, 0) is 14.3 Å². The quantitative estimate of drug-likeness (QED) is 0.742. The minimum absolute atomic E-state index is 0.0131. The average molecular weight is 256 g/mol. The van der Waals surface area contributed by atoms with Crippen molar-refractivity contribution in [3.63, 3.8) is 0 Å². The Kier molecular flexibility index (Phi) is 6.12. The van der Waals surface area contributed by atoms with E-state index < -0.39 is 6.04 Å². The number of nitrogens with zero attached hydrogens (tertiary/aromatic N) is 1. The Bertz CT molecular complexity index is 286. The summed E-state index contributed by atoms with van der Waals surface area (Å²) in [4.78, 5) is 25.3. The fourth-order valence-corrected chi connectivity index (χ4v) is 2.26. The SMILES string of the molecule is CCCC(N)C(=O)N1CCC(C(=O)OCC)CC1. The first-order valence-electron chi connectivity index (χ1n) is 6.81. The fraction of sp³-hybridized carbons (Fsp3) is 0.846. The Morgan fingerprint density at radius 1 is 1.33 bits per heavy atom. The minimum Gasteiger partial charge on any atom is -0.466 e. The Morgan fingerprint density at radius 3 is 2.44 bits per heavy atom. The molecule has 1 rings (SSSR count). The van der Waals surface area contributed by atoms with Gasteiger partial charge in [-0.25, -0.2) is 0 Å². The van der Waals surface area contributed by atoms with Crippen LogP contribution in [0.5, 0.6) is 0 Å². The third-order valence-electron chi connectivity index (χ3n) is 3.34. The van der Waals surface area contributed by atoms with E-state index in [-0.39, 0.29) is 17.8 Å². The summed E-state index contributed by atoms with van der Waals surface area (Å²) in [6, 6.07) is -0.394. The molecule has 0 aromatic rings. The van der Waals surface area contributed by atoms with Crippen molar-refractivity contribution in [1.82, 2.24) is 4.90 Å². The van der Waals surface area contributed by atoms with Crippen LogP contribution >= 0.6 is 0 Å². The Labute approximate surface area is 109 Å². The normalized spacial score (nSPS) is 18.5. The molecular formula is C13H24N2O3. The standard InChI is InChI=1S/C13H24N2O3/c1-3-5-11(14)12(16)15-8-6-10(7-9-15)13(17)18-4-2/h10-11H,3-9,14H2,1-2H3. The molecule has 1 unspecified atom stereocenters. The molecule has 1 saturated heterocycles. The molecule has 0 saturated carbocycles. The lowest BCUT2D eigenvalue weighted by Gasteiger charge is -2.32. The molecule has 18 heavy (non-hydrogen) atoms. The van der Waals surface area contributed by atoms with E-state index in [2.05, 4.69) is 0 Å². The van der Waals surface area contributed by atoms with Crippen molar-refractivity contribution in [2.75, 3.05) is 19.7 Å². The maximum absolute atomic E-state index is 12.0. The van der Waals surface area contributed by atoms with Crippen molar-refractivity contribution in [2.24, 2.45) is 11.7 Å². The first-order valence-corrected chi connectivity index (χ1v) is 6.81. The summed E-state index contributed by atoms with van der Waals surface area (Å²) >= 11 is 0. The van der Waals surface area contributed by atoms with Gasteiger partial charge in [-0.3, -0.25) is 9.59 Å². The summed E-state index contributed by atoms with van der Waals surface area (Å²) in [5.41, 5.74) is 5.82. The molecule has 0 aromatic carbocycles. The van der Waals surface area contributed by atoms with E-state index in [4.69, 9.17) is 10.5 Å². The van der Waals surface area contributed by atoms with E-state index in [9.17, 15) is 9.59 Å². The van der Waals surface area contributed by atoms with Gasteiger partial charge in [-0.2, -0.15) is 0 Å². The van der Waals surface area contributed by atoms with Crippen molar-refractivity contribution < 1.29 is 14.3 Å². The van der Waals surface area contributed by atoms with Crippen LogP contribution in [0.3, 0.4) is 0 Å². The third-order valence-corrected chi connectivity index (χ3v) is 3.34. The number of likely N-dealkylation sites (tertiary alicyclic amines) is 1. The molecule has 2 N–H and O–H groups in total. The first kappa shape index (κ1) is 15.0. The van der Waals surface area contributed by atoms with Gasteiger partial charge in [0.15, 0.2) is 0 Å². The Hall–Kier alpha value is -1.10. The number of hydrogen-bond acceptors (Lipinski definition) is 4. The number of carbonyl (C=O) groups excluding carboxylic acids is 2. The summed E-state index contributed by atoms with van der Waals surface area (Å²) in [7, 11) is 0. The van der Waals surface area contributed by atoms with Crippen LogP contribution in [0.2, 0.25) is 0 Å². The average Bonchev–Trinajstić information content (AvgIpc) is 2.38. The molecule has 1 aliphatic rings. The molecule has 1 amide bonds. The van der Waals surface area contributed by atoms with Gasteiger partial charge in [0, 0.05) is 13.1 Å². The molecule has 0 radical (unpaired) electrons. The monoisotopic (exact) mass is 256 g/mol. The zero-order valence-electron chi connectivity index (χ0n) is 11.4. The second-order valence-electron chi connectivity index (χ2n) is 4.75. The van der Waals surface area contributed by atoms with Crippen LogP contribution in [0.25, 0.3) is 0 Å². The number of esters is 1. The van der Waals surface area contributed by atoms with Crippen molar-refractivity contribution >= 4 is 11.9 Å². The van der Waals surface area contributed by atoms with Gasteiger partial charge in [0.2, 0.25) is 5.91 Å². The van der Waals surface area contributed by atoms with Gasteiger partial charge < -0.3 is 15.4 Å². The van der Waals surface area contributed by atoms with Crippen LogP contribution in [-0.4, -0.2) is 42.5 Å². The Morgan fingerprint density at radius 2 is 1.94 bits per heavy atom. The van der Waals surface area contributed by atoms with E-state index in [1.165, 1.54) is 0 Å². The minimum atomic E-state index is -0.394. The van der Waals surface area contributed by atoms with Gasteiger partial charge in [-0.1, -0.05) is 13.3 Å². The summed E-state index contributed by atoms with van der Waals surface area (Å²) < 4.78 is 5.00. The predicted octanol–water partition coefficient (Wildman–Crippen LogP) is 0.915. The zero-order valence-corrected chi connectivity index (χ0v) is 11.4. The molecule has 1 fully saturated rings. The molecule has 0 aromatic heterocycles. The van der Waals surface area contributed by atoms with E-state index in [0.717, 1.165) is 12.8 Å². The number of ether oxygens (including phenoxy) is 1. The second kappa shape index (κ2) is 7.36. The van der Waals surface area contributed by atoms with Gasteiger partial charge in [-0.15, -0.1) is 0 Å². The lowest BCUT2D eigenvalue weighted by Crippen LogP contribution is -2.48. The van der Waals surface area contributed by atoms with Crippen LogP contribution in [0, 0.1) is 5.92 Å². The highest BCUT2D eigenvalue weighted by molar-refractivity contribution is 5.82. The lowest BCUT2D eigenvalue weighted by molar-refractivity contribution is -0.151. The molecule has 5 nitrogen and oxygen atoms in total. The van der Waals surface area contributed by atoms with Crippen LogP contribution < -0.4 is 5.73 Å². The van der Waals surface area contributed by atoms with E-state index >= 15 is 0 Å². The van der Waals surface area contributed by atoms with Gasteiger partial charge in [0.25, 0.3) is 0 Å². The summed E-state index contributed by atoms with van der Waals surface area (Å²) in [5.74, 6) is -0.182. The van der Waals surface area contributed by atoms with E-state index in [1.807, 2.05) is 6.92 Å². The molecule has 0 spiro atoms. The molecule has 0 bridgehead atoms. The number of amides is 1. The van der Waals surface area contributed by atoms with Crippen molar-refractivity contribution in [3.05, 3.63) is 0 Å². The predicted molar refractivity (Wildman–Crippen MR) is 68.8 cm³/mol. The molecule has 1 heterocycles. The second-order valence-corrected chi connectivity index (χ2v) is 4.75. The fourth-order valence-electron chi connectivity index (χ4n) is 2.26. The maximum atomic E-state index is 12.0. The third kappa shape index (κ3) is 3.98. The van der Waals surface area contributed by atoms with Gasteiger partial charge in [-0.05, 0) is 26.2 Å². The van der Waals surface area contributed by atoms with E-state index in [1.54, 1.807) is 11.8 Å². The smallest absolute Gasteiger partial charge is 0.309 e. The lowest BCUT2D eigenvalue weighted by atomic mass is 9.96. The highest BCUT2D eigenvalue weighted by atomic mass is 16.5. The largest absolute Gasteiger partial charge is 0.466 e. The Balaban J connectivity index is 2.39. The topological polar surface area (TPSA) is 72.6 Å². The number of rotatable bonds is 5. The zero-order chi connectivity index (χ0) is 13.5. The van der Waals surface area contributed by atoms with Crippen LogP contribution in [0.1, 0.15) is 39.5 Å². The molecule has 0 aliphatic carbocycles. The van der Waals surface area contributed by atoms with E-state index in [0.29, 0.717) is 32.5 Å². The molecule has 5 heteroatoms. The van der Waals surface area contributed by atoms with Crippen molar-refractivity contribution in [3.8, 4) is 0 Å². The highest BCUT2D eigenvalue weighted by Crippen LogP contribution is 2.19. The number of nitrogens with two attached hydrogens (primary N) is 1. The highest BCUT2D eigenvalue weighted by Gasteiger charge is 2.29. The summed E-state index contributed by atoms with van der Waals surface area (Å²) in [6.45, 7) is 5.46. The maximum Gasteiger partial charge on any atom is 0.309 e. The molecule has 1 atom stereocenters. The summed E-state index contributed by atoms with van der Waals surface area (Å²) in [5, 5.41) is 0. The van der Waals surface area contributed by atoms with Crippen molar-refractivity contribution in [1.29, 1.82) is 0 Å². The molecular weight excluding hydrogens is 232 g/mol. The number of piperidine rings is 1.